The summed E-state index contributed by atoms with van der Waals surface area (Å²) in [6.45, 7) is 0. The van der Waals surface area contributed by atoms with Crippen LogP contribution in [0.15, 0.2) is 34.1 Å². The van der Waals surface area contributed by atoms with E-state index in [9.17, 15) is 19.2 Å². The maximum atomic E-state index is 12.5. The van der Waals surface area contributed by atoms with E-state index in [1.165, 1.54) is 0 Å². The van der Waals surface area contributed by atoms with Crippen LogP contribution in [-0.4, -0.2) is 34.6 Å². The predicted octanol–water partition coefficient (Wildman–Crippen LogP) is 1.23. The quantitative estimate of drug-likeness (QED) is 0.601. The van der Waals surface area contributed by atoms with Gasteiger partial charge in [0, 0.05) is 10.9 Å². The van der Waals surface area contributed by atoms with E-state index >= 15 is 0 Å². The SMILES string of the molecule is O=C=C1CCC(N2C(=O)c3ccc(Br)cc3C2=O)C(=C=O)N1. The van der Waals surface area contributed by atoms with Crippen molar-refractivity contribution in [1.82, 2.24) is 10.2 Å². The van der Waals surface area contributed by atoms with Gasteiger partial charge in [-0.15, -0.1) is 0 Å². The largest absolute Gasteiger partial charge is 0.342 e. The smallest absolute Gasteiger partial charge is 0.262 e. The first-order valence-electron chi connectivity index (χ1n) is 6.50. The number of halogens is 1. The molecule has 1 saturated heterocycles. The summed E-state index contributed by atoms with van der Waals surface area (Å²) in [5, 5.41) is 2.59. The van der Waals surface area contributed by atoms with Gasteiger partial charge < -0.3 is 5.32 Å². The van der Waals surface area contributed by atoms with Crippen molar-refractivity contribution in [3.05, 3.63) is 45.2 Å². The lowest BCUT2D eigenvalue weighted by Gasteiger charge is -2.30. The Bertz CT molecular complexity index is 804. The van der Waals surface area contributed by atoms with Gasteiger partial charge in [-0.05, 0) is 24.6 Å². The zero-order valence-corrected chi connectivity index (χ0v) is 12.8. The molecule has 0 saturated carbocycles. The molecule has 2 amide bonds. The Morgan fingerprint density at radius 1 is 1.14 bits per heavy atom. The first kappa shape index (κ1) is 14.5. The maximum Gasteiger partial charge on any atom is 0.262 e. The van der Waals surface area contributed by atoms with Crippen LogP contribution in [-0.2, 0) is 9.59 Å². The van der Waals surface area contributed by atoms with Gasteiger partial charge in [-0.25, -0.2) is 9.59 Å². The van der Waals surface area contributed by atoms with Crippen LogP contribution in [0.1, 0.15) is 33.6 Å². The molecular formula is C15H9BrN2O4. The van der Waals surface area contributed by atoms with Crippen molar-refractivity contribution in [3.63, 3.8) is 0 Å². The maximum absolute atomic E-state index is 12.5. The molecule has 1 fully saturated rings. The van der Waals surface area contributed by atoms with Gasteiger partial charge in [0.15, 0.2) is 0 Å². The summed E-state index contributed by atoms with van der Waals surface area (Å²) >= 11 is 3.26. The summed E-state index contributed by atoms with van der Waals surface area (Å²) in [7, 11) is 0. The number of hydrogen-bond donors (Lipinski definition) is 1. The van der Waals surface area contributed by atoms with E-state index in [4.69, 9.17) is 0 Å². The molecule has 7 heteroatoms. The summed E-state index contributed by atoms with van der Waals surface area (Å²) < 4.78 is 0.688. The third-order valence-corrected chi connectivity index (χ3v) is 4.20. The normalized spacial score (nSPS) is 20.4. The number of carbonyl (C=O) groups is 2. The van der Waals surface area contributed by atoms with Crippen molar-refractivity contribution in [2.45, 2.75) is 18.9 Å². The van der Waals surface area contributed by atoms with E-state index in [-0.39, 0.29) is 17.8 Å². The highest BCUT2D eigenvalue weighted by Gasteiger charge is 2.43. The minimum atomic E-state index is -0.749. The zero-order chi connectivity index (χ0) is 15.9. The molecule has 0 bridgehead atoms. The molecule has 0 aromatic heterocycles. The molecule has 3 rings (SSSR count). The van der Waals surface area contributed by atoms with E-state index in [1.807, 2.05) is 0 Å². The van der Waals surface area contributed by atoms with Crippen molar-refractivity contribution in [3.8, 4) is 0 Å². The Hall–Kier alpha value is -2.46. The topological polar surface area (TPSA) is 83.6 Å². The van der Waals surface area contributed by atoms with Crippen LogP contribution in [0.2, 0.25) is 0 Å². The van der Waals surface area contributed by atoms with Gasteiger partial charge in [0.1, 0.15) is 23.3 Å². The highest BCUT2D eigenvalue weighted by atomic mass is 79.9. The number of amides is 2. The van der Waals surface area contributed by atoms with Crippen molar-refractivity contribution in [2.24, 2.45) is 0 Å². The Morgan fingerprint density at radius 2 is 1.86 bits per heavy atom. The molecule has 1 atom stereocenters. The minimum Gasteiger partial charge on any atom is -0.342 e. The summed E-state index contributed by atoms with van der Waals surface area (Å²) in [6, 6.07) is 4.07. The number of benzene rings is 1. The van der Waals surface area contributed by atoms with E-state index < -0.39 is 17.9 Å². The third kappa shape index (κ3) is 2.12. The molecule has 110 valence electrons. The van der Waals surface area contributed by atoms with Crippen LogP contribution in [0.3, 0.4) is 0 Å². The van der Waals surface area contributed by atoms with Crippen molar-refractivity contribution in [1.29, 1.82) is 0 Å². The number of rotatable bonds is 1. The number of nitrogens with one attached hydrogen (secondary N) is 1. The lowest BCUT2D eigenvalue weighted by atomic mass is 10.0. The van der Waals surface area contributed by atoms with Crippen molar-refractivity contribution >= 4 is 39.6 Å². The molecule has 0 aliphatic carbocycles. The molecular weight excluding hydrogens is 352 g/mol. The first-order chi connectivity index (χ1) is 10.6. The molecule has 2 aliphatic heterocycles. The fraction of sp³-hybridized carbons (Fsp3) is 0.200. The van der Waals surface area contributed by atoms with Crippen LogP contribution in [0.4, 0.5) is 0 Å². The lowest BCUT2D eigenvalue weighted by Crippen LogP contribution is -2.46. The van der Waals surface area contributed by atoms with Gasteiger partial charge in [-0.3, -0.25) is 14.5 Å². The predicted molar refractivity (Wildman–Crippen MR) is 79.2 cm³/mol. The van der Waals surface area contributed by atoms with Gasteiger partial charge in [0.2, 0.25) is 0 Å². The Labute approximate surface area is 133 Å². The molecule has 0 spiro atoms. The highest BCUT2D eigenvalue weighted by Crippen LogP contribution is 2.31. The van der Waals surface area contributed by atoms with Crippen molar-refractivity contribution < 1.29 is 19.2 Å². The summed E-state index contributed by atoms with van der Waals surface area (Å²) in [4.78, 5) is 47.8. The van der Waals surface area contributed by atoms with Crippen molar-refractivity contribution in [2.75, 3.05) is 0 Å². The van der Waals surface area contributed by atoms with Crippen LogP contribution in [0, 0.1) is 0 Å². The highest BCUT2D eigenvalue weighted by molar-refractivity contribution is 9.10. The van der Waals surface area contributed by atoms with Crippen LogP contribution in [0.25, 0.3) is 0 Å². The van der Waals surface area contributed by atoms with Gasteiger partial charge in [-0.2, -0.15) is 0 Å². The van der Waals surface area contributed by atoms with Crippen LogP contribution < -0.4 is 5.32 Å². The van der Waals surface area contributed by atoms with E-state index in [0.29, 0.717) is 22.0 Å². The standard InChI is InChI=1S/C15H9BrN2O4/c16-8-1-3-10-11(5-8)15(22)18(14(10)21)13-4-2-9(6-19)17-12(13)7-20/h1,3,5,13,17H,2,4H2. The van der Waals surface area contributed by atoms with Crippen LogP contribution in [0.5, 0.6) is 0 Å². The third-order valence-electron chi connectivity index (χ3n) is 3.71. The fourth-order valence-electron chi connectivity index (χ4n) is 2.68. The first-order valence-corrected chi connectivity index (χ1v) is 7.29. The van der Waals surface area contributed by atoms with Gasteiger partial charge in [0.05, 0.1) is 17.2 Å². The van der Waals surface area contributed by atoms with Gasteiger partial charge in [-0.1, -0.05) is 15.9 Å². The zero-order valence-electron chi connectivity index (χ0n) is 11.2. The number of imide groups is 1. The fourth-order valence-corrected chi connectivity index (χ4v) is 3.04. The molecule has 1 unspecified atom stereocenters. The number of allylic oxidation sites excluding steroid dienone is 1. The molecule has 6 nitrogen and oxygen atoms in total. The molecule has 2 aliphatic rings. The Kier molecular flexibility index (Phi) is 3.54. The van der Waals surface area contributed by atoms with E-state index in [1.54, 1.807) is 30.1 Å². The van der Waals surface area contributed by atoms with E-state index in [2.05, 4.69) is 21.2 Å². The van der Waals surface area contributed by atoms with Gasteiger partial charge in [0.25, 0.3) is 11.8 Å². The van der Waals surface area contributed by atoms with Gasteiger partial charge >= 0.3 is 0 Å². The molecule has 22 heavy (non-hydrogen) atoms. The minimum absolute atomic E-state index is 0.00169. The Balaban J connectivity index is 2.00. The second-order valence-electron chi connectivity index (χ2n) is 4.95. The second kappa shape index (κ2) is 5.39. The molecule has 1 aromatic carbocycles. The number of piperidine rings is 1. The number of nitrogens with zero attached hydrogens (tertiary/aromatic N) is 1. The molecule has 1 N–H and O–H groups in total. The van der Waals surface area contributed by atoms with Crippen LogP contribution >= 0.6 is 15.9 Å². The number of carbonyl (C=O) groups excluding carboxylic acids is 4. The molecule has 2 heterocycles. The summed E-state index contributed by atoms with van der Waals surface area (Å²) in [6.07, 6.45) is 0.589. The average molecular weight is 361 g/mol. The average Bonchev–Trinajstić information content (AvgIpc) is 2.77. The lowest BCUT2D eigenvalue weighted by molar-refractivity contribution is 0.0593. The number of fused-ring (bicyclic) bond motifs is 1. The summed E-state index contributed by atoms with van der Waals surface area (Å²) in [5.74, 6) is 2.45. The molecule has 0 radical (unpaired) electrons. The Morgan fingerprint density at radius 3 is 2.55 bits per heavy atom. The monoisotopic (exact) mass is 360 g/mol. The molecule has 1 aromatic rings. The van der Waals surface area contributed by atoms with E-state index in [0.717, 1.165) is 4.90 Å². The summed E-state index contributed by atoms with van der Waals surface area (Å²) in [5.41, 5.74) is 0.809. The second-order valence-corrected chi connectivity index (χ2v) is 5.86. The number of hydrogen-bond acceptors (Lipinski definition) is 5.